The zero-order valence-electron chi connectivity index (χ0n) is 12.5. The van der Waals surface area contributed by atoms with Crippen LogP contribution in [0.15, 0.2) is 30.6 Å². The summed E-state index contributed by atoms with van der Waals surface area (Å²) in [5.41, 5.74) is 0.988. The summed E-state index contributed by atoms with van der Waals surface area (Å²) in [6, 6.07) is 5.66. The lowest BCUT2D eigenvalue weighted by molar-refractivity contribution is 0.0944. The normalized spacial score (nSPS) is 12.3. The summed E-state index contributed by atoms with van der Waals surface area (Å²) < 4.78 is 1.05. The number of fused-ring (bicyclic) bond motifs is 1. The average molecular weight is 332 g/mol. The van der Waals surface area contributed by atoms with E-state index in [-0.39, 0.29) is 11.9 Å². The Labute approximate surface area is 136 Å². The van der Waals surface area contributed by atoms with Crippen molar-refractivity contribution in [3.8, 4) is 0 Å². The number of anilines is 1. The number of aromatic nitrogens is 2. The second-order valence-corrected chi connectivity index (χ2v) is 7.19. The molecule has 0 aromatic carbocycles. The maximum Gasteiger partial charge on any atom is 0.261 e. The molecule has 0 spiro atoms. The second-order valence-electron chi connectivity index (χ2n) is 5.15. The van der Waals surface area contributed by atoms with Gasteiger partial charge >= 0.3 is 0 Å². The number of hydrogen-bond donors (Lipinski definition) is 1. The van der Waals surface area contributed by atoms with Crippen LogP contribution in [0, 0.1) is 0 Å². The van der Waals surface area contributed by atoms with Crippen molar-refractivity contribution >= 4 is 43.2 Å². The molecule has 3 rings (SSSR count). The van der Waals surface area contributed by atoms with Gasteiger partial charge in [0.25, 0.3) is 5.91 Å². The topological polar surface area (TPSA) is 58.1 Å². The zero-order valence-corrected chi connectivity index (χ0v) is 14.2. The van der Waals surface area contributed by atoms with Crippen LogP contribution in [0.4, 0.5) is 5.13 Å². The van der Waals surface area contributed by atoms with Crippen molar-refractivity contribution in [1.29, 1.82) is 0 Å². The molecule has 5 nitrogen and oxygen atoms in total. The highest BCUT2D eigenvalue weighted by Crippen LogP contribution is 2.34. The Hall–Kier alpha value is -1.99. The van der Waals surface area contributed by atoms with Crippen LogP contribution in [-0.2, 0) is 0 Å². The van der Waals surface area contributed by atoms with E-state index in [1.807, 2.05) is 44.1 Å². The summed E-state index contributed by atoms with van der Waals surface area (Å²) in [4.78, 5) is 24.5. The van der Waals surface area contributed by atoms with Gasteiger partial charge in [0.2, 0.25) is 0 Å². The molecule has 0 aliphatic rings. The standard InChI is InChI=1S/C15H16N4OS2/c1-9(10-5-4-6-16-8-10)17-13(20)11-7-12-14(21-11)18-15(22-12)19(2)3/h4-9H,1-3H3,(H,17,20)/t9-/m1/s1. The van der Waals surface area contributed by atoms with Gasteiger partial charge in [-0.2, -0.15) is 0 Å². The first kappa shape index (κ1) is 14.9. The van der Waals surface area contributed by atoms with Crippen LogP contribution < -0.4 is 10.2 Å². The van der Waals surface area contributed by atoms with E-state index in [9.17, 15) is 4.79 Å². The van der Waals surface area contributed by atoms with Crippen LogP contribution in [0.3, 0.4) is 0 Å². The van der Waals surface area contributed by atoms with Crippen molar-refractivity contribution in [1.82, 2.24) is 15.3 Å². The second kappa shape index (κ2) is 6.02. The van der Waals surface area contributed by atoms with Gasteiger partial charge < -0.3 is 10.2 Å². The molecule has 1 amide bonds. The molecule has 7 heteroatoms. The minimum Gasteiger partial charge on any atom is -0.354 e. The van der Waals surface area contributed by atoms with E-state index in [1.165, 1.54) is 11.3 Å². The molecule has 3 aromatic rings. The summed E-state index contributed by atoms with van der Waals surface area (Å²) in [5.74, 6) is -0.0713. The van der Waals surface area contributed by atoms with Gasteiger partial charge in [0.15, 0.2) is 5.13 Å². The van der Waals surface area contributed by atoms with Crippen LogP contribution in [-0.4, -0.2) is 30.0 Å². The van der Waals surface area contributed by atoms with Gasteiger partial charge in [0.05, 0.1) is 15.6 Å². The Kier molecular flexibility index (Phi) is 4.08. The monoisotopic (exact) mass is 332 g/mol. The summed E-state index contributed by atoms with van der Waals surface area (Å²) in [6.45, 7) is 1.95. The average Bonchev–Trinajstić information content (AvgIpc) is 3.06. The molecule has 0 bridgehead atoms. The number of rotatable bonds is 4. The Bertz CT molecular complexity index is 763. The fourth-order valence-corrected chi connectivity index (χ4v) is 4.05. The van der Waals surface area contributed by atoms with E-state index in [0.29, 0.717) is 4.88 Å². The Balaban J connectivity index is 1.76. The third-order valence-electron chi connectivity index (χ3n) is 3.22. The van der Waals surface area contributed by atoms with E-state index in [4.69, 9.17) is 0 Å². The minimum absolute atomic E-state index is 0.0713. The van der Waals surface area contributed by atoms with Crippen molar-refractivity contribution in [2.45, 2.75) is 13.0 Å². The van der Waals surface area contributed by atoms with Crippen LogP contribution in [0.2, 0.25) is 0 Å². The fraction of sp³-hybridized carbons (Fsp3) is 0.267. The number of thiophene rings is 1. The third kappa shape index (κ3) is 2.95. The Morgan fingerprint density at radius 3 is 2.82 bits per heavy atom. The minimum atomic E-state index is -0.0772. The Morgan fingerprint density at radius 1 is 1.36 bits per heavy atom. The molecule has 114 valence electrons. The highest BCUT2D eigenvalue weighted by molar-refractivity contribution is 7.29. The van der Waals surface area contributed by atoms with E-state index in [0.717, 1.165) is 20.2 Å². The number of nitrogens with one attached hydrogen (secondary N) is 1. The SMILES string of the molecule is C[C@@H](NC(=O)c1cc2sc(N(C)C)nc2s1)c1cccnc1. The molecular weight excluding hydrogens is 316 g/mol. The fourth-order valence-electron chi connectivity index (χ4n) is 2.01. The largest absolute Gasteiger partial charge is 0.354 e. The third-order valence-corrected chi connectivity index (χ3v) is 5.54. The van der Waals surface area contributed by atoms with Crippen LogP contribution in [0.25, 0.3) is 9.53 Å². The summed E-state index contributed by atoms with van der Waals surface area (Å²) >= 11 is 3.02. The van der Waals surface area contributed by atoms with Gasteiger partial charge in [-0.05, 0) is 24.6 Å². The number of pyridine rings is 1. The smallest absolute Gasteiger partial charge is 0.261 e. The predicted molar refractivity (Wildman–Crippen MR) is 91.9 cm³/mol. The van der Waals surface area contributed by atoms with Gasteiger partial charge in [-0.3, -0.25) is 9.78 Å². The number of carbonyl (C=O) groups excluding carboxylic acids is 1. The number of nitrogens with zero attached hydrogens (tertiary/aromatic N) is 3. The maximum atomic E-state index is 12.4. The molecule has 22 heavy (non-hydrogen) atoms. The maximum absolute atomic E-state index is 12.4. The van der Waals surface area contributed by atoms with Crippen molar-refractivity contribution in [3.05, 3.63) is 41.0 Å². The van der Waals surface area contributed by atoms with Crippen molar-refractivity contribution in [3.63, 3.8) is 0 Å². The molecule has 3 aromatic heterocycles. The van der Waals surface area contributed by atoms with Crippen LogP contribution >= 0.6 is 22.7 Å². The molecule has 3 heterocycles. The molecule has 0 saturated heterocycles. The quantitative estimate of drug-likeness (QED) is 0.796. The molecular formula is C15H16N4OS2. The lowest BCUT2D eigenvalue weighted by atomic mass is 10.1. The van der Waals surface area contributed by atoms with E-state index < -0.39 is 0 Å². The van der Waals surface area contributed by atoms with Gasteiger partial charge in [0.1, 0.15) is 4.83 Å². The molecule has 1 N–H and O–H groups in total. The van der Waals surface area contributed by atoms with Gasteiger partial charge in [0, 0.05) is 26.5 Å². The van der Waals surface area contributed by atoms with Gasteiger partial charge in [-0.15, -0.1) is 11.3 Å². The number of amides is 1. The summed E-state index contributed by atoms with van der Waals surface area (Å²) in [5, 5.41) is 3.95. The first-order chi connectivity index (χ1) is 10.5. The highest BCUT2D eigenvalue weighted by atomic mass is 32.1. The number of carbonyl (C=O) groups is 1. The molecule has 0 unspecified atom stereocenters. The summed E-state index contributed by atoms with van der Waals surface area (Å²) in [6.07, 6.45) is 3.49. The lowest BCUT2D eigenvalue weighted by Crippen LogP contribution is -2.25. The Morgan fingerprint density at radius 2 is 2.18 bits per heavy atom. The van der Waals surface area contributed by atoms with Crippen molar-refractivity contribution in [2.24, 2.45) is 0 Å². The highest BCUT2D eigenvalue weighted by Gasteiger charge is 2.16. The van der Waals surface area contributed by atoms with Crippen molar-refractivity contribution < 1.29 is 4.79 Å². The van der Waals surface area contributed by atoms with Gasteiger partial charge in [-0.25, -0.2) is 4.98 Å². The van der Waals surface area contributed by atoms with Gasteiger partial charge in [-0.1, -0.05) is 17.4 Å². The van der Waals surface area contributed by atoms with E-state index in [2.05, 4.69) is 15.3 Å². The summed E-state index contributed by atoms with van der Waals surface area (Å²) in [7, 11) is 3.93. The molecule has 0 aliphatic carbocycles. The van der Waals surface area contributed by atoms with Crippen molar-refractivity contribution in [2.75, 3.05) is 19.0 Å². The first-order valence-corrected chi connectivity index (χ1v) is 8.46. The predicted octanol–water partition coefficient (Wildman–Crippen LogP) is 3.31. The van der Waals surface area contributed by atoms with E-state index >= 15 is 0 Å². The van der Waals surface area contributed by atoms with Crippen LogP contribution in [0.5, 0.6) is 0 Å². The zero-order chi connectivity index (χ0) is 15.7. The number of thiazole rings is 1. The molecule has 0 saturated carbocycles. The number of hydrogen-bond acceptors (Lipinski definition) is 6. The molecule has 0 fully saturated rings. The first-order valence-electron chi connectivity index (χ1n) is 6.83. The molecule has 0 aliphatic heterocycles. The van der Waals surface area contributed by atoms with Crippen LogP contribution in [0.1, 0.15) is 28.2 Å². The molecule has 0 radical (unpaired) electrons. The van der Waals surface area contributed by atoms with E-state index in [1.54, 1.807) is 23.7 Å². The molecule has 1 atom stereocenters. The lowest BCUT2D eigenvalue weighted by Gasteiger charge is -2.12.